The number of ether oxygens (including phenoxy) is 2. The van der Waals surface area contributed by atoms with Gasteiger partial charge in [0.05, 0.1) is 20.5 Å². The van der Waals surface area contributed by atoms with E-state index in [0.29, 0.717) is 12.3 Å². The van der Waals surface area contributed by atoms with Gasteiger partial charge in [0.1, 0.15) is 0 Å². The number of benzene rings is 1. The zero-order chi connectivity index (χ0) is 14.8. The van der Waals surface area contributed by atoms with Gasteiger partial charge in [-0.3, -0.25) is 0 Å². The molecule has 0 saturated carbocycles. The third kappa shape index (κ3) is 3.43. The second-order valence-electron chi connectivity index (χ2n) is 5.12. The zero-order valence-corrected chi connectivity index (χ0v) is 12.9. The lowest BCUT2D eigenvalue weighted by Gasteiger charge is -2.26. The van der Waals surface area contributed by atoms with Crippen LogP contribution in [0.5, 0.6) is 11.5 Å². The first-order chi connectivity index (χ1) is 9.44. The molecular formula is C14H21NO4S. The van der Waals surface area contributed by atoms with E-state index in [0.717, 1.165) is 30.6 Å². The molecule has 1 aromatic rings. The Morgan fingerprint density at radius 3 is 2.50 bits per heavy atom. The van der Waals surface area contributed by atoms with Gasteiger partial charge in [-0.1, -0.05) is 0 Å². The Morgan fingerprint density at radius 2 is 1.90 bits per heavy atom. The molecule has 0 amide bonds. The van der Waals surface area contributed by atoms with Gasteiger partial charge in [-0.15, -0.1) is 0 Å². The van der Waals surface area contributed by atoms with Crippen molar-refractivity contribution < 1.29 is 17.9 Å². The van der Waals surface area contributed by atoms with Gasteiger partial charge in [0.2, 0.25) is 10.0 Å². The predicted molar refractivity (Wildman–Crippen MR) is 78.1 cm³/mol. The molecule has 6 heteroatoms. The monoisotopic (exact) mass is 299 g/mol. The van der Waals surface area contributed by atoms with Gasteiger partial charge in [0.15, 0.2) is 11.5 Å². The maximum Gasteiger partial charge on any atom is 0.208 e. The standard InChI is InChI=1S/C14H21NO4S/c1-18-13-7-10-5-4-6-11(9-15-20(3,16)17)12(10)8-14(13)19-2/h7-8,11,15H,4-6,9H2,1-3H3. The summed E-state index contributed by atoms with van der Waals surface area (Å²) < 4.78 is 35.8. The predicted octanol–water partition coefficient (Wildman–Crippen LogP) is 1.67. The minimum absolute atomic E-state index is 0.188. The number of hydrogen-bond donors (Lipinski definition) is 1. The third-order valence-electron chi connectivity index (χ3n) is 3.68. The highest BCUT2D eigenvalue weighted by atomic mass is 32.2. The summed E-state index contributed by atoms with van der Waals surface area (Å²) in [4.78, 5) is 0. The molecule has 0 aliphatic heterocycles. The smallest absolute Gasteiger partial charge is 0.208 e. The molecule has 1 N–H and O–H groups in total. The highest BCUT2D eigenvalue weighted by Gasteiger charge is 2.23. The summed E-state index contributed by atoms with van der Waals surface area (Å²) in [6, 6.07) is 3.97. The number of fused-ring (bicyclic) bond motifs is 1. The van der Waals surface area contributed by atoms with E-state index in [1.165, 1.54) is 11.8 Å². The van der Waals surface area contributed by atoms with Crippen molar-refractivity contribution in [1.82, 2.24) is 4.72 Å². The lowest BCUT2D eigenvalue weighted by molar-refractivity contribution is 0.352. The van der Waals surface area contributed by atoms with Crippen molar-refractivity contribution in [3.63, 3.8) is 0 Å². The van der Waals surface area contributed by atoms with Crippen LogP contribution in [0.25, 0.3) is 0 Å². The summed E-state index contributed by atoms with van der Waals surface area (Å²) in [5.41, 5.74) is 2.37. The number of sulfonamides is 1. The van der Waals surface area contributed by atoms with E-state index in [9.17, 15) is 8.42 Å². The SMILES string of the molecule is COc1cc2c(cc1OC)C(CNS(C)(=O)=O)CCC2. The fraction of sp³-hybridized carbons (Fsp3) is 0.571. The summed E-state index contributed by atoms with van der Waals surface area (Å²) >= 11 is 0. The maximum absolute atomic E-state index is 11.3. The largest absolute Gasteiger partial charge is 0.493 e. The van der Waals surface area contributed by atoms with Crippen molar-refractivity contribution in [3.8, 4) is 11.5 Å². The summed E-state index contributed by atoms with van der Waals surface area (Å²) in [6.07, 6.45) is 4.21. The van der Waals surface area contributed by atoms with Crippen molar-refractivity contribution in [2.45, 2.75) is 25.2 Å². The Morgan fingerprint density at radius 1 is 1.25 bits per heavy atom. The fourth-order valence-electron chi connectivity index (χ4n) is 2.69. The normalized spacial score (nSPS) is 18.4. The first-order valence-electron chi connectivity index (χ1n) is 6.64. The molecule has 0 aromatic heterocycles. The highest BCUT2D eigenvalue weighted by Crippen LogP contribution is 2.38. The van der Waals surface area contributed by atoms with Gasteiger partial charge in [-0.05, 0) is 48.4 Å². The van der Waals surface area contributed by atoms with E-state index in [-0.39, 0.29) is 5.92 Å². The van der Waals surface area contributed by atoms with Crippen LogP contribution in [0.15, 0.2) is 12.1 Å². The number of rotatable bonds is 5. The number of nitrogens with one attached hydrogen (secondary N) is 1. The van der Waals surface area contributed by atoms with E-state index in [4.69, 9.17) is 9.47 Å². The number of hydrogen-bond acceptors (Lipinski definition) is 4. The lowest BCUT2D eigenvalue weighted by atomic mass is 9.82. The molecule has 0 spiro atoms. The van der Waals surface area contributed by atoms with Crippen molar-refractivity contribution in [1.29, 1.82) is 0 Å². The summed E-state index contributed by atoms with van der Waals surface area (Å²) in [5, 5.41) is 0. The van der Waals surface area contributed by atoms with Crippen molar-refractivity contribution in [2.24, 2.45) is 0 Å². The minimum Gasteiger partial charge on any atom is -0.493 e. The van der Waals surface area contributed by atoms with Crippen LogP contribution >= 0.6 is 0 Å². The molecule has 1 atom stereocenters. The molecule has 20 heavy (non-hydrogen) atoms. The van der Waals surface area contributed by atoms with Crippen LogP contribution in [0.2, 0.25) is 0 Å². The molecule has 1 aromatic carbocycles. The Labute approximate surface area is 120 Å². The molecule has 1 aliphatic rings. The van der Waals surface area contributed by atoms with Crippen LogP contribution in [0, 0.1) is 0 Å². The molecule has 1 unspecified atom stereocenters. The topological polar surface area (TPSA) is 64.6 Å². The van der Waals surface area contributed by atoms with Gasteiger partial charge >= 0.3 is 0 Å². The van der Waals surface area contributed by atoms with Crippen LogP contribution in [0.3, 0.4) is 0 Å². The number of aryl methyl sites for hydroxylation is 1. The maximum atomic E-state index is 11.3. The van der Waals surface area contributed by atoms with E-state index in [2.05, 4.69) is 4.72 Å². The first-order valence-corrected chi connectivity index (χ1v) is 8.53. The summed E-state index contributed by atoms with van der Waals surface area (Å²) in [6.45, 7) is 0.432. The average molecular weight is 299 g/mol. The molecule has 0 heterocycles. The minimum atomic E-state index is -3.16. The molecular weight excluding hydrogens is 278 g/mol. The molecule has 2 rings (SSSR count). The molecule has 1 aliphatic carbocycles. The van der Waals surface area contributed by atoms with Gasteiger partial charge in [0.25, 0.3) is 0 Å². The molecule has 0 bridgehead atoms. The van der Waals surface area contributed by atoms with E-state index in [1.807, 2.05) is 12.1 Å². The average Bonchev–Trinajstić information content (AvgIpc) is 2.42. The van der Waals surface area contributed by atoms with Crippen LogP contribution in [0.1, 0.15) is 29.9 Å². The van der Waals surface area contributed by atoms with Crippen LogP contribution in [-0.2, 0) is 16.4 Å². The van der Waals surface area contributed by atoms with E-state index in [1.54, 1.807) is 14.2 Å². The zero-order valence-electron chi connectivity index (χ0n) is 12.1. The molecule has 0 saturated heterocycles. The first kappa shape index (κ1) is 15.1. The lowest BCUT2D eigenvalue weighted by Crippen LogP contribution is -2.29. The van der Waals surface area contributed by atoms with Gasteiger partial charge in [-0.2, -0.15) is 0 Å². The van der Waals surface area contributed by atoms with Crippen molar-refractivity contribution >= 4 is 10.0 Å². The molecule has 0 fully saturated rings. The Kier molecular flexibility index (Phi) is 4.55. The van der Waals surface area contributed by atoms with Gasteiger partial charge < -0.3 is 9.47 Å². The second-order valence-corrected chi connectivity index (χ2v) is 6.95. The fourth-order valence-corrected chi connectivity index (χ4v) is 3.20. The van der Waals surface area contributed by atoms with Crippen LogP contribution < -0.4 is 14.2 Å². The van der Waals surface area contributed by atoms with Crippen LogP contribution in [-0.4, -0.2) is 35.4 Å². The van der Waals surface area contributed by atoms with Crippen molar-refractivity contribution in [3.05, 3.63) is 23.3 Å². The molecule has 0 radical (unpaired) electrons. The molecule has 5 nitrogen and oxygen atoms in total. The Bertz CT molecular complexity index is 583. The quantitative estimate of drug-likeness (QED) is 0.898. The van der Waals surface area contributed by atoms with Crippen LogP contribution in [0.4, 0.5) is 0 Å². The Hall–Kier alpha value is -1.27. The van der Waals surface area contributed by atoms with E-state index >= 15 is 0 Å². The Balaban J connectivity index is 2.30. The second kappa shape index (κ2) is 6.01. The summed E-state index contributed by atoms with van der Waals surface area (Å²) in [7, 11) is 0.0683. The van der Waals surface area contributed by atoms with Gasteiger partial charge in [0, 0.05) is 6.54 Å². The third-order valence-corrected chi connectivity index (χ3v) is 4.37. The van der Waals surface area contributed by atoms with Crippen molar-refractivity contribution in [2.75, 3.05) is 27.0 Å². The summed E-state index contributed by atoms with van der Waals surface area (Å²) in [5.74, 6) is 1.61. The molecule has 112 valence electrons. The highest BCUT2D eigenvalue weighted by molar-refractivity contribution is 7.88. The number of methoxy groups -OCH3 is 2. The van der Waals surface area contributed by atoms with Gasteiger partial charge in [-0.25, -0.2) is 13.1 Å². The van der Waals surface area contributed by atoms with E-state index < -0.39 is 10.0 Å².